The van der Waals surface area contributed by atoms with Crippen molar-refractivity contribution in [3.63, 3.8) is 0 Å². The molecule has 1 aromatic rings. The SMILES string of the molecule is C=CC(=O)OC1(c2ccc(C(=O)O)cc2)CCC(C)CC1. The number of benzene rings is 1. The summed E-state index contributed by atoms with van der Waals surface area (Å²) in [6, 6.07) is 6.60. The Bertz CT molecular complexity index is 536. The zero-order valence-corrected chi connectivity index (χ0v) is 12.2. The van der Waals surface area contributed by atoms with Gasteiger partial charge in [0.1, 0.15) is 5.60 Å². The molecule has 0 radical (unpaired) electrons. The standard InChI is InChI=1S/C17H20O4/c1-3-15(18)21-17(10-8-12(2)9-11-17)14-6-4-13(5-7-14)16(19)20/h3-7,12H,1,8-11H2,2H3,(H,19,20). The fourth-order valence-electron chi connectivity index (χ4n) is 2.83. The number of carbonyl (C=O) groups is 2. The maximum absolute atomic E-state index is 11.7. The van der Waals surface area contributed by atoms with Gasteiger partial charge in [0.05, 0.1) is 5.56 Å². The van der Waals surface area contributed by atoms with Crippen molar-refractivity contribution >= 4 is 11.9 Å². The lowest BCUT2D eigenvalue weighted by Gasteiger charge is -2.39. The van der Waals surface area contributed by atoms with E-state index in [0.29, 0.717) is 5.92 Å². The first kappa shape index (κ1) is 15.3. The molecule has 0 atom stereocenters. The minimum Gasteiger partial charge on any atom is -0.478 e. The molecule has 112 valence electrons. The zero-order valence-electron chi connectivity index (χ0n) is 12.2. The van der Waals surface area contributed by atoms with Crippen LogP contribution in [0.15, 0.2) is 36.9 Å². The highest BCUT2D eigenvalue weighted by atomic mass is 16.6. The molecule has 2 rings (SSSR count). The van der Waals surface area contributed by atoms with Crippen molar-refractivity contribution < 1.29 is 19.4 Å². The van der Waals surface area contributed by atoms with Crippen LogP contribution in [0, 0.1) is 5.92 Å². The Morgan fingerprint density at radius 1 is 1.29 bits per heavy atom. The summed E-state index contributed by atoms with van der Waals surface area (Å²) >= 11 is 0. The molecule has 0 bridgehead atoms. The Morgan fingerprint density at radius 2 is 1.86 bits per heavy atom. The van der Waals surface area contributed by atoms with E-state index in [1.54, 1.807) is 24.3 Å². The van der Waals surface area contributed by atoms with Crippen molar-refractivity contribution in [3.8, 4) is 0 Å². The van der Waals surface area contributed by atoms with Crippen molar-refractivity contribution in [2.45, 2.75) is 38.2 Å². The van der Waals surface area contributed by atoms with Crippen molar-refractivity contribution in [2.24, 2.45) is 5.92 Å². The van der Waals surface area contributed by atoms with E-state index in [1.807, 2.05) is 0 Å². The van der Waals surface area contributed by atoms with Gasteiger partial charge in [-0.1, -0.05) is 25.6 Å². The molecule has 0 aromatic heterocycles. The molecular formula is C17H20O4. The summed E-state index contributed by atoms with van der Waals surface area (Å²) in [5.41, 5.74) is 0.428. The van der Waals surface area contributed by atoms with E-state index in [-0.39, 0.29) is 5.56 Å². The average molecular weight is 288 g/mol. The Kier molecular flexibility index (Phi) is 4.46. The molecule has 0 amide bonds. The summed E-state index contributed by atoms with van der Waals surface area (Å²) in [4.78, 5) is 22.6. The van der Waals surface area contributed by atoms with Gasteiger partial charge in [-0.2, -0.15) is 0 Å². The highest BCUT2D eigenvalue weighted by Crippen LogP contribution is 2.42. The molecule has 0 unspecified atom stereocenters. The topological polar surface area (TPSA) is 63.6 Å². The number of carbonyl (C=O) groups excluding carboxylic acids is 1. The first-order valence-corrected chi connectivity index (χ1v) is 7.16. The van der Waals surface area contributed by atoms with Gasteiger partial charge in [-0.15, -0.1) is 0 Å². The summed E-state index contributed by atoms with van der Waals surface area (Å²) in [5.74, 6) is -0.790. The molecule has 0 aliphatic heterocycles. The Hall–Kier alpha value is -2.10. The van der Waals surface area contributed by atoms with Gasteiger partial charge in [0.2, 0.25) is 0 Å². The number of aromatic carboxylic acids is 1. The van der Waals surface area contributed by atoms with Gasteiger partial charge in [-0.25, -0.2) is 9.59 Å². The van der Waals surface area contributed by atoms with Gasteiger partial charge in [0, 0.05) is 6.08 Å². The lowest BCUT2D eigenvalue weighted by molar-refractivity contribution is -0.159. The second-order valence-electron chi connectivity index (χ2n) is 5.68. The Labute approximate surface area is 124 Å². The highest BCUT2D eigenvalue weighted by Gasteiger charge is 2.39. The third-order valence-corrected chi connectivity index (χ3v) is 4.20. The third-order valence-electron chi connectivity index (χ3n) is 4.20. The minimum absolute atomic E-state index is 0.230. The average Bonchev–Trinajstić information content (AvgIpc) is 2.50. The van der Waals surface area contributed by atoms with E-state index < -0.39 is 17.5 Å². The van der Waals surface area contributed by atoms with Gasteiger partial charge < -0.3 is 9.84 Å². The molecule has 0 heterocycles. The van der Waals surface area contributed by atoms with Crippen LogP contribution < -0.4 is 0 Å². The minimum atomic E-state index is -0.962. The van der Waals surface area contributed by atoms with Gasteiger partial charge >= 0.3 is 11.9 Å². The van der Waals surface area contributed by atoms with Crippen LogP contribution >= 0.6 is 0 Å². The molecule has 1 saturated carbocycles. The number of hydrogen-bond acceptors (Lipinski definition) is 3. The summed E-state index contributed by atoms with van der Waals surface area (Å²) in [6.45, 7) is 5.64. The van der Waals surface area contributed by atoms with E-state index >= 15 is 0 Å². The Balaban J connectivity index is 2.32. The number of rotatable bonds is 4. The summed E-state index contributed by atoms with van der Waals surface area (Å²) in [7, 11) is 0. The predicted molar refractivity (Wildman–Crippen MR) is 79.0 cm³/mol. The predicted octanol–water partition coefficient (Wildman–Crippen LogP) is 3.52. The fourth-order valence-corrected chi connectivity index (χ4v) is 2.83. The van der Waals surface area contributed by atoms with Crippen LogP contribution in [0.1, 0.15) is 48.5 Å². The van der Waals surface area contributed by atoms with Crippen molar-refractivity contribution in [2.75, 3.05) is 0 Å². The first-order chi connectivity index (χ1) is 9.97. The fraction of sp³-hybridized carbons (Fsp3) is 0.412. The van der Waals surface area contributed by atoms with Crippen LogP contribution in [0.25, 0.3) is 0 Å². The lowest BCUT2D eigenvalue weighted by atomic mass is 9.75. The van der Waals surface area contributed by atoms with Gasteiger partial charge in [0.25, 0.3) is 0 Å². The largest absolute Gasteiger partial charge is 0.478 e. The van der Waals surface area contributed by atoms with Gasteiger partial charge in [0.15, 0.2) is 0 Å². The van der Waals surface area contributed by atoms with Crippen LogP contribution in [0.3, 0.4) is 0 Å². The monoisotopic (exact) mass is 288 g/mol. The molecule has 0 spiro atoms. The summed E-state index contributed by atoms with van der Waals surface area (Å²) in [6.07, 6.45) is 4.63. The molecule has 1 fully saturated rings. The van der Waals surface area contributed by atoms with E-state index in [4.69, 9.17) is 9.84 Å². The lowest BCUT2D eigenvalue weighted by Crippen LogP contribution is -2.36. The molecule has 4 heteroatoms. The van der Waals surface area contributed by atoms with E-state index in [1.165, 1.54) is 6.08 Å². The molecule has 0 saturated heterocycles. The van der Waals surface area contributed by atoms with Crippen LogP contribution in [0.2, 0.25) is 0 Å². The van der Waals surface area contributed by atoms with E-state index in [0.717, 1.165) is 31.2 Å². The third kappa shape index (κ3) is 3.32. The van der Waals surface area contributed by atoms with Crippen LogP contribution in [-0.2, 0) is 15.1 Å². The number of hydrogen-bond donors (Lipinski definition) is 1. The second-order valence-corrected chi connectivity index (χ2v) is 5.68. The Morgan fingerprint density at radius 3 is 2.33 bits per heavy atom. The van der Waals surface area contributed by atoms with Crippen LogP contribution in [0.4, 0.5) is 0 Å². The molecule has 1 aromatic carbocycles. The van der Waals surface area contributed by atoms with E-state index in [2.05, 4.69) is 13.5 Å². The number of ether oxygens (including phenoxy) is 1. The van der Waals surface area contributed by atoms with E-state index in [9.17, 15) is 9.59 Å². The van der Waals surface area contributed by atoms with Gasteiger partial charge in [-0.3, -0.25) is 0 Å². The quantitative estimate of drug-likeness (QED) is 0.680. The zero-order chi connectivity index (χ0) is 15.5. The number of carboxylic acid groups (broad SMARTS) is 1. The molecule has 21 heavy (non-hydrogen) atoms. The number of esters is 1. The smallest absolute Gasteiger partial charge is 0.335 e. The molecule has 1 N–H and O–H groups in total. The number of carboxylic acids is 1. The molecular weight excluding hydrogens is 268 g/mol. The van der Waals surface area contributed by atoms with Crippen LogP contribution in [-0.4, -0.2) is 17.0 Å². The van der Waals surface area contributed by atoms with Crippen molar-refractivity contribution in [3.05, 3.63) is 48.0 Å². The molecule has 4 nitrogen and oxygen atoms in total. The second kappa shape index (κ2) is 6.12. The molecule has 1 aliphatic rings. The molecule has 1 aliphatic carbocycles. The van der Waals surface area contributed by atoms with Crippen molar-refractivity contribution in [1.82, 2.24) is 0 Å². The summed E-state index contributed by atoms with van der Waals surface area (Å²) in [5, 5.41) is 8.97. The maximum atomic E-state index is 11.7. The van der Waals surface area contributed by atoms with Gasteiger partial charge in [-0.05, 0) is 49.3 Å². The first-order valence-electron chi connectivity index (χ1n) is 7.16. The highest BCUT2D eigenvalue weighted by molar-refractivity contribution is 5.87. The normalized spacial score (nSPS) is 25.1. The maximum Gasteiger partial charge on any atom is 0.335 e. The van der Waals surface area contributed by atoms with Crippen molar-refractivity contribution in [1.29, 1.82) is 0 Å². The van der Waals surface area contributed by atoms with Crippen LogP contribution in [0.5, 0.6) is 0 Å². The summed E-state index contributed by atoms with van der Waals surface area (Å²) < 4.78 is 5.66.